The molecule has 3 aliphatic heterocycles. The van der Waals surface area contributed by atoms with Crippen LogP contribution in [-0.2, 0) is 25.0 Å². The summed E-state index contributed by atoms with van der Waals surface area (Å²) >= 11 is 25.1. The number of benzene rings is 6. The largest absolute Gasteiger partial charge is 0.349 e. The van der Waals surface area contributed by atoms with Crippen molar-refractivity contribution < 1.29 is 18.8 Å². The Labute approximate surface area is 447 Å². The van der Waals surface area contributed by atoms with Gasteiger partial charge in [0.05, 0.1) is 28.2 Å². The minimum absolute atomic E-state index is 0.00453. The minimum atomic E-state index is -0.366. The van der Waals surface area contributed by atoms with Gasteiger partial charge in [-0.25, -0.2) is 4.39 Å². The summed E-state index contributed by atoms with van der Waals surface area (Å²) in [5.41, 5.74) is 15.1. The Kier molecular flexibility index (Phi) is 13.4. The first kappa shape index (κ1) is 50.5. The van der Waals surface area contributed by atoms with Gasteiger partial charge in [-0.3, -0.25) is 14.4 Å². The third-order valence-corrected chi connectivity index (χ3v) is 15.2. The summed E-state index contributed by atoms with van der Waals surface area (Å²) in [7, 11) is 0. The molecule has 0 atom stereocenters. The molecule has 0 saturated heterocycles. The monoisotopic (exact) mass is 1060 g/mol. The lowest BCUT2D eigenvalue weighted by Gasteiger charge is -2.20. The zero-order valence-electron chi connectivity index (χ0n) is 41.5. The van der Waals surface area contributed by atoms with Crippen molar-refractivity contribution in [1.29, 1.82) is 5.26 Å². The van der Waals surface area contributed by atoms with Crippen LogP contribution >= 0.6 is 46.4 Å². The molecule has 15 heteroatoms. The third kappa shape index (κ3) is 8.98. The Hall–Kier alpha value is -7.07. The normalized spacial score (nSPS) is 13.9. The predicted octanol–water partition coefficient (Wildman–Crippen LogP) is 14.0. The number of rotatable bonds is 3. The van der Waals surface area contributed by atoms with Crippen LogP contribution in [0, 0.1) is 37.9 Å². The summed E-state index contributed by atoms with van der Waals surface area (Å²) < 4.78 is 20.4. The molecular weight excluding hydrogens is 1020 g/mol. The summed E-state index contributed by atoms with van der Waals surface area (Å²) in [4.78, 5) is 37.0. The molecule has 0 fully saturated rings. The van der Waals surface area contributed by atoms with Crippen molar-refractivity contribution in [2.45, 2.75) is 66.6 Å². The fourth-order valence-corrected chi connectivity index (χ4v) is 11.7. The number of carbonyl (C=O) groups is 3. The van der Waals surface area contributed by atoms with Gasteiger partial charge in [0.15, 0.2) is 0 Å². The second-order valence-electron chi connectivity index (χ2n) is 19.8. The highest BCUT2D eigenvalue weighted by Crippen LogP contribution is 2.42. The van der Waals surface area contributed by atoms with Crippen LogP contribution in [0.3, 0.4) is 0 Å². The number of nitriles is 1. The third-order valence-electron chi connectivity index (χ3n) is 14.2. The van der Waals surface area contributed by atoms with Crippen LogP contribution in [0.1, 0.15) is 80.1 Å². The molecule has 12 rings (SSSR count). The molecule has 3 aromatic heterocycles. The lowest BCUT2D eigenvalue weighted by Crippen LogP contribution is -2.35. The molecule has 6 aromatic carbocycles. The first-order valence-corrected chi connectivity index (χ1v) is 25.7. The van der Waals surface area contributed by atoms with Gasteiger partial charge in [0, 0.05) is 97.8 Å². The Morgan fingerprint density at radius 2 is 1.00 bits per heavy atom. The minimum Gasteiger partial charge on any atom is -0.349 e. The van der Waals surface area contributed by atoms with E-state index in [0.29, 0.717) is 74.3 Å². The van der Waals surface area contributed by atoms with E-state index in [0.717, 1.165) is 90.4 Å². The topological polar surface area (TPSA) is 126 Å². The number of halogens is 5. The summed E-state index contributed by atoms with van der Waals surface area (Å²) in [5.74, 6) is -0.559. The quantitative estimate of drug-likeness (QED) is 0.163. The van der Waals surface area contributed by atoms with E-state index in [4.69, 9.17) is 46.4 Å². The second kappa shape index (κ2) is 19.7. The molecule has 74 heavy (non-hydrogen) atoms. The van der Waals surface area contributed by atoms with Crippen molar-refractivity contribution in [3.8, 4) is 39.4 Å². The number of hydrogen-bond acceptors (Lipinski definition) is 4. The molecule has 6 heterocycles. The average molecular weight is 1070 g/mol. The van der Waals surface area contributed by atoms with E-state index in [-0.39, 0.29) is 29.0 Å². The highest BCUT2D eigenvalue weighted by atomic mass is 35.5. The standard InChI is InChI=1S/C22H23ClN2O.C19H14ClN3O.C18H13Cl2FN2O/c1-13-17-11-16(23)12-18(14-5-7-15(8-6-14)22(2,3)4)20(17)25-10-9-24-21(26)19(13)25;1-11-15-8-14(20)9-16(13-4-2-3-12(7-13)10-21)18(15)23-6-5-22-19(24)17(11)23;1-9-13-7-11(21)8-14(12-3-2-10(19)6-15(12)20)17(13)23-5-4-22-18(24)16(9)23/h5-8,11-12H,9-10H2,1-4H3,(H,24,26);2-4,7-9H,5-6H2,1H3,(H,22,24);2-3,6-8H,4-5H2,1H3,(H,22,24). The van der Waals surface area contributed by atoms with Gasteiger partial charge >= 0.3 is 0 Å². The average Bonchev–Trinajstić information content (AvgIpc) is 3.95. The number of nitrogens with one attached hydrogen (secondary N) is 3. The molecule has 10 nitrogen and oxygen atoms in total. The number of aromatic nitrogens is 3. The van der Waals surface area contributed by atoms with E-state index in [1.54, 1.807) is 24.3 Å². The zero-order chi connectivity index (χ0) is 52.5. The van der Waals surface area contributed by atoms with E-state index in [2.05, 4.69) is 76.2 Å². The molecule has 0 spiro atoms. The Bertz CT molecular complexity index is 3870. The Morgan fingerprint density at radius 1 is 0.527 bits per heavy atom. The second-order valence-corrected chi connectivity index (χ2v) is 21.6. The van der Waals surface area contributed by atoms with Crippen molar-refractivity contribution >= 4 is 96.8 Å². The molecule has 3 N–H and O–H groups in total. The molecule has 3 aliphatic rings. The number of fused-ring (bicyclic) bond motifs is 9. The zero-order valence-corrected chi connectivity index (χ0v) is 44.5. The maximum Gasteiger partial charge on any atom is 0.268 e. The molecular formula is C59H50Cl4FN7O3. The van der Waals surface area contributed by atoms with Crippen LogP contribution in [0.2, 0.25) is 20.1 Å². The van der Waals surface area contributed by atoms with Gasteiger partial charge in [0.2, 0.25) is 0 Å². The van der Waals surface area contributed by atoms with E-state index in [1.807, 2.05) is 67.8 Å². The number of carbonyl (C=O) groups excluding carboxylic acids is 3. The van der Waals surface area contributed by atoms with E-state index < -0.39 is 0 Å². The maximum absolute atomic E-state index is 14.3. The summed E-state index contributed by atoms with van der Waals surface area (Å²) in [6, 6.07) is 34.1. The van der Waals surface area contributed by atoms with E-state index in [1.165, 1.54) is 17.7 Å². The van der Waals surface area contributed by atoms with Crippen molar-refractivity contribution in [3.05, 3.63) is 174 Å². The molecule has 374 valence electrons. The fourth-order valence-electron chi connectivity index (χ4n) is 10.8. The SMILES string of the molecule is Cc1c2n(c3c(-c4ccc(C(C)(C)C)cc4)cc(Cl)cc13)CCNC2=O.Cc1c2n(c3c(-c4ccc(Cl)cc4Cl)cc(F)cc13)CCNC2=O.Cc1c2n(c3c(-c4cccc(C#N)c4)cc(Cl)cc13)CCNC2=O. The van der Waals surface area contributed by atoms with Crippen LogP contribution in [0.15, 0.2) is 103 Å². The van der Waals surface area contributed by atoms with Crippen LogP contribution in [0.4, 0.5) is 4.39 Å². The highest BCUT2D eigenvalue weighted by Gasteiger charge is 2.29. The van der Waals surface area contributed by atoms with Gasteiger partial charge in [-0.05, 0) is 120 Å². The highest BCUT2D eigenvalue weighted by molar-refractivity contribution is 6.37. The van der Waals surface area contributed by atoms with Gasteiger partial charge in [0.25, 0.3) is 17.7 Å². The van der Waals surface area contributed by atoms with Crippen molar-refractivity contribution in [2.24, 2.45) is 0 Å². The summed E-state index contributed by atoms with van der Waals surface area (Å²) in [5, 5.41) is 22.9. The lowest BCUT2D eigenvalue weighted by molar-refractivity contribution is 0.0920. The molecule has 0 saturated carbocycles. The summed E-state index contributed by atoms with van der Waals surface area (Å²) in [6.45, 7) is 16.4. The van der Waals surface area contributed by atoms with Gasteiger partial charge in [-0.1, -0.05) is 110 Å². The van der Waals surface area contributed by atoms with Gasteiger partial charge < -0.3 is 29.7 Å². The first-order chi connectivity index (χ1) is 35.3. The maximum atomic E-state index is 14.3. The number of nitrogens with zero attached hydrogens (tertiary/aromatic N) is 4. The molecule has 0 aliphatic carbocycles. The predicted molar refractivity (Wildman–Crippen MR) is 297 cm³/mol. The van der Waals surface area contributed by atoms with Gasteiger partial charge in [-0.2, -0.15) is 5.26 Å². The Balaban J connectivity index is 0.000000127. The van der Waals surface area contributed by atoms with Crippen LogP contribution in [0.5, 0.6) is 0 Å². The van der Waals surface area contributed by atoms with Crippen LogP contribution < -0.4 is 16.0 Å². The van der Waals surface area contributed by atoms with Crippen molar-refractivity contribution in [2.75, 3.05) is 19.6 Å². The van der Waals surface area contributed by atoms with Crippen molar-refractivity contribution in [3.63, 3.8) is 0 Å². The van der Waals surface area contributed by atoms with Crippen LogP contribution in [-0.4, -0.2) is 51.1 Å². The smallest absolute Gasteiger partial charge is 0.268 e. The molecule has 0 radical (unpaired) electrons. The molecule has 9 aromatic rings. The fraction of sp³-hybridized carbons (Fsp3) is 0.220. The Morgan fingerprint density at radius 3 is 1.47 bits per heavy atom. The molecule has 3 amide bonds. The number of aryl methyl sites for hydroxylation is 3. The van der Waals surface area contributed by atoms with Gasteiger partial charge in [-0.15, -0.1) is 0 Å². The number of hydrogen-bond donors (Lipinski definition) is 3. The van der Waals surface area contributed by atoms with Crippen molar-refractivity contribution in [1.82, 2.24) is 29.7 Å². The number of amides is 3. The first-order valence-electron chi connectivity index (χ1n) is 24.2. The summed E-state index contributed by atoms with van der Waals surface area (Å²) in [6.07, 6.45) is 0. The van der Waals surface area contributed by atoms with Gasteiger partial charge in [0.1, 0.15) is 22.9 Å². The lowest BCUT2D eigenvalue weighted by atomic mass is 9.86. The van der Waals surface area contributed by atoms with E-state index in [9.17, 15) is 24.0 Å². The van der Waals surface area contributed by atoms with Crippen LogP contribution in [0.25, 0.3) is 66.1 Å². The molecule has 0 unspecified atom stereocenters. The van der Waals surface area contributed by atoms with E-state index >= 15 is 0 Å². The molecule has 0 bridgehead atoms.